The summed E-state index contributed by atoms with van der Waals surface area (Å²) in [6.07, 6.45) is 2.11. The van der Waals surface area contributed by atoms with E-state index in [1.165, 1.54) is 35.6 Å². The zero-order valence-corrected chi connectivity index (χ0v) is 29.2. The number of imide groups is 1. The van der Waals surface area contributed by atoms with Crippen molar-refractivity contribution in [3.05, 3.63) is 108 Å². The first-order valence-electron chi connectivity index (χ1n) is 16.0. The zero-order valence-electron chi connectivity index (χ0n) is 29.2. The molecule has 0 fully saturated rings. The second-order valence-electron chi connectivity index (χ2n) is 14.1. The Bertz CT molecular complexity index is 2150. The van der Waals surface area contributed by atoms with Crippen LogP contribution in [0, 0.1) is 24.2 Å². The van der Waals surface area contributed by atoms with E-state index in [-0.39, 0.29) is 29.0 Å². The number of pyridine rings is 1. The molecule has 0 aliphatic rings. The zero-order chi connectivity index (χ0) is 37.3. The van der Waals surface area contributed by atoms with Crippen molar-refractivity contribution < 1.29 is 32.3 Å². The van der Waals surface area contributed by atoms with Gasteiger partial charge in [-0.3, -0.25) is 14.0 Å². The van der Waals surface area contributed by atoms with E-state index >= 15 is 0 Å². The average Bonchev–Trinajstić information content (AvgIpc) is 3.70. The molecule has 0 unspecified atom stereocenters. The second-order valence-corrected chi connectivity index (χ2v) is 14.1. The van der Waals surface area contributed by atoms with Crippen molar-refractivity contribution in [2.24, 2.45) is 5.41 Å². The van der Waals surface area contributed by atoms with E-state index in [1.807, 2.05) is 27.7 Å². The van der Waals surface area contributed by atoms with Gasteiger partial charge >= 0.3 is 12.3 Å². The number of aryl methyl sites for hydroxylation is 1. The maximum Gasteiger partial charge on any atom is 0.421 e. The summed E-state index contributed by atoms with van der Waals surface area (Å²) in [7, 11) is 0. The Balaban J connectivity index is 1.46. The number of nitrogens with one attached hydrogen (secondary N) is 1. The molecular formula is C38H37F3N6O4. The molecular weight excluding hydrogens is 661 g/mol. The fourth-order valence-electron chi connectivity index (χ4n) is 5.08. The minimum atomic E-state index is -4.64. The normalized spacial score (nSPS) is 11.9. The number of carbonyl (C=O) groups excluding carboxylic acids is 3. The van der Waals surface area contributed by atoms with Crippen molar-refractivity contribution in [1.82, 2.24) is 18.9 Å². The maximum absolute atomic E-state index is 13.7. The van der Waals surface area contributed by atoms with Crippen molar-refractivity contribution in [2.45, 2.75) is 66.7 Å². The van der Waals surface area contributed by atoms with Gasteiger partial charge in [0, 0.05) is 47.5 Å². The van der Waals surface area contributed by atoms with E-state index in [2.05, 4.69) is 27.1 Å². The lowest BCUT2D eigenvalue weighted by Gasteiger charge is -2.28. The van der Waals surface area contributed by atoms with Gasteiger partial charge in [0.2, 0.25) is 5.91 Å². The summed E-state index contributed by atoms with van der Waals surface area (Å²) in [4.78, 5) is 49.5. The molecule has 0 bridgehead atoms. The molecule has 0 saturated heterocycles. The highest BCUT2D eigenvalue weighted by molar-refractivity contribution is 6.14. The molecule has 51 heavy (non-hydrogen) atoms. The van der Waals surface area contributed by atoms with Gasteiger partial charge in [0.05, 0.1) is 23.8 Å². The summed E-state index contributed by atoms with van der Waals surface area (Å²) >= 11 is 0. The van der Waals surface area contributed by atoms with Crippen molar-refractivity contribution in [1.29, 1.82) is 0 Å². The number of rotatable bonds is 5. The molecule has 0 spiro atoms. The van der Waals surface area contributed by atoms with E-state index in [4.69, 9.17) is 4.74 Å². The second kappa shape index (κ2) is 13.8. The van der Waals surface area contributed by atoms with E-state index in [1.54, 1.807) is 61.7 Å². The van der Waals surface area contributed by atoms with E-state index in [0.29, 0.717) is 16.9 Å². The van der Waals surface area contributed by atoms with Crippen LogP contribution in [0.15, 0.2) is 79.6 Å². The fourth-order valence-corrected chi connectivity index (χ4v) is 5.08. The van der Waals surface area contributed by atoms with Crippen LogP contribution in [0.2, 0.25) is 0 Å². The van der Waals surface area contributed by atoms with Crippen LogP contribution < -0.4 is 10.2 Å². The number of hydrogen-bond donors (Lipinski definition) is 1. The number of amides is 3. The third-order valence-electron chi connectivity index (χ3n) is 7.39. The number of imidazole rings is 2. The number of nitrogens with zero attached hydrogens (tertiary/aromatic N) is 5. The molecule has 0 aliphatic heterocycles. The Labute approximate surface area is 293 Å². The number of benzene rings is 2. The van der Waals surface area contributed by atoms with Crippen molar-refractivity contribution in [2.75, 3.05) is 10.2 Å². The summed E-state index contributed by atoms with van der Waals surface area (Å²) in [5.74, 6) is 5.03. The predicted octanol–water partition coefficient (Wildman–Crippen LogP) is 8.20. The van der Waals surface area contributed by atoms with E-state index in [0.717, 1.165) is 22.6 Å². The number of aromatic nitrogens is 4. The Morgan fingerprint density at radius 1 is 0.961 bits per heavy atom. The number of anilines is 2. The van der Waals surface area contributed by atoms with Crippen LogP contribution in [0.4, 0.5) is 29.3 Å². The van der Waals surface area contributed by atoms with Crippen LogP contribution in [0.1, 0.15) is 80.7 Å². The van der Waals surface area contributed by atoms with Gasteiger partial charge in [0.1, 0.15) is 11.3 Å². The summed E-state index contributed by atoms with van der Waals surface area (Å²) < 4.78 is 49.7. The van der Waals surface area contributed by atoms with Gasteiger partial charge in [0.15, 0.2) is 5.65 Å². The highest BCUT2D eigenvalue weighted by atomic mass is 19.4. The number of halogens is 3. The van der Waals surface area contributed by atoms with Crippen LogP contribution in [0.3, 0.4) is 0 Å². The number of carbonyl (C=O) groups is 3. The van der Waals surface area contributed by atoms with Crippen LogP contribution in [-0.4, -0.2) is 42.4 Å². The van der Waals surface area contributed by atoms with Gasteiger partial charge < -0.3 is 14.6 Å². The number of alkyl halides is 3. The SMILES string of the molecule is Cc1ccc(C(=O)Nc2cc(-n3ccnc3)cc(C(F)(F)F)c2)cc1C#Cc1cnc2c(N(C(=O)CC(C)(C)C)C(=O)OC(C)(C)C)cccn12. The molecule has 2 aromatic carbocycles. The Hall–Kier alpha value is -5.90. The lowest BCUT2D eigenvalue weighted by Crippen LogP contribution is -2.42. The minimum absolute atomic E-state index is 0.0466. The molecule has 0 radical (unpaired) electrons. The largest absolute Gasteiger partial charge is 0.443 e. The lowest BCUT2D eigenvalue weighted by molar-refractivity contribution is -0.137. The molecule has 0 saturated carbocycles. The fraction of sp³-hybridized carbons (Fsp3) is 0.289. The monoisotopic (exact) mass is 698 g/mol. The van der Waals surface area contributed by atoms with Crippen molar-refractivity contribution >= 4 is 34.9 Å². The lowest BCUT2D eigenvalue weighted by atomic mass is 9.91. The molecule has 5 aromatic rings. The standard InChI is InChI=1S/C38H37F3N6O4/c1-24-10-11-26(34(49)44-28-18-27(38(39,40)41)19-30(20-28)45-16-14-42-23-45)17-25(24)12-13-29-22-43-33-31(9-8-15-46(29)33)47(32(48)21-36(2,3)4)35(50)51-37(5,6)7/h8-11,14-20,22-23H,21H2,1-7H3,(H,44,49). The van der Waals surface area contributed by atoms with E-state index in [9.17, 15) is 27.6 Å². The first-order chi connectivity index (χ1) is 23.8. The summed E-state index contributed by atoms with van der Waals surface area (Å²) in [5, 5.41) is 2.57. The number of ether oxygens (including phenoxy) is 1. The molecule has 1 N–H and O–H groups in total. The molecule has 3 amide bonds. The van der Waals surface area contributed by atoms with Gasteiger partial charge in [-0.25, -0.2) is 19.7 Å². The molecule has 3 aromatic heterocycles. The minimum Gasteiger partial charge on any atom is -0.443 e. The molecule has 264 valence electrons. The highest BCUT2D eigenvalue weighted by Gasteiger charge is 2.33. The quantitative estimate of drug-likeness (QED) is 0.185. The Morgan fingerprint density at radius 3 is 2.35 bits per heavy atom. The first kappa shape index (κ1) is 36.4. The molecule has 0 atom stereocenters. The van der Waals surface area contributed by atoms with E-state index < -0.39 is 40.7 Å². The summed E-state index contributed by atoms with van der Waals surface area (Å²) in [6.45, 7) is 12.6. The topological polar surface area (TPSA) is 111 Å². The molecule has 0 aliphatic carbocycles. The van der Waals surface area contributed by atoms with Crippen molar-refractivity contribution in [3.8, 4) is 17.5 Å². The molecule has 5 rings (SSSR count). The van der Waals surface area contributed by atoms with Crippen LogP contribution >= 0.6 is 0 Å². The van der Waals surface area contributed by atoms with Crippen LogP contribution in [-0.2, 0) is 15.7 Å². The summed E-state index contributed by atoms with van der Waals surface area (Å²) in [6, 6.07) is 11.3. The van der Waals surface area contributed by atoms with Crippen LogP contribution in [0.25, 0.3) is 11.3 Å². The number of hydrogen-bond acceptors (Lipinski definition) is 6. The Kier molecular flexibility index (Phi) is 9.83. The molecule has 3 heterocycles. The first-order valence-corrected chi connectivity index (χ1v) is 16.0. The van der Waals surface area contributed by atoms with Gasteiger partial charge in [0.25, 0.3) is 5.91 Å². The molecule has 10 nitrogen and oxygen atoms in total. The molecule has 13 heteroatoms. The van der Waals surface area contributed by atoms with Gasteiger partial charge in [-0.15, -0.1) is 0 Å². The smallest absolute Gasteiger partial charge is 0.421 e. The highest BCUT2D eigenvalue weighted by Crippen LogP contribution is 2.33. The predicted molar refractivity (Wildman–Crippen MR) is 187 cm³/mol. The van der Waals surface area contributed by atoms with Gasteiger partial charge in [-0.1, -0.05) is 32.8 Å². The van der Waals surface area contributed by atoms with Gasteiger partial charge in [-0.05, 0) is 87.1 Å². The third kappa shape index (κ3) is 8.83. The van der Waals surface area contributed by atoms with Crippen molar-refractivity contribution in [3.63, 3.8) is 0 Å². The maximum atomic E-state index is 13.7. The van der Waals surface area contributed by atoms with Gasteiger partial charge in [-0.2, -0.15) is 13.2 Å². The summed E-state index contributed by atoms with van der Waals surface area (Å²) in [5.41, 5.74) is 0.331. The Morgan fingerprint density at radius 2 is 1.71 bits per heavy atom. The average molecular weight is 699 g/mol. The van der Waals surface area contributed by atoms with Crippen LogP contribution in [0.5, 0.6) is 0 Å². The third-order valence-corrected chi connectivity index (χ3v) is 7.39. The number of fused-ring (bicyclic) bond motifs is 1.